The van der Waals surface area contributed by atoms with Gasteiger partial charge >= 0.3 is 6.03 Å². The van der Waals surface area contributed by atoms with E-state index in [1.807, 2.05) is 0 Å². The van der Waals surface area contributed by atoms with Crippen molar-refractivity contribution in [2.75, 3.05) is 13.1 Å². The highest BCUT2D eigenvalue weighted by atomic mass is 19.1. The zero-order valence-corrected chi connectivity index (χ0v) is 8.74. The van der Waals surface area contributed by atoms with Crippen LogP contribution in [0.25, 0.3) is 0 Å². The Morgan fingerprint density at radius 1 is 1.50 bits per heavy atom. The van der Waals surface area contributed by atoms with Crippen LogP contribution in [0.5, 0.6) is 5.75 Å². The lowest BCUT2D eigenvalue weighted by molar-refractivity contribution is 0.167. The van der Waals surface area contributed by atoms with Gasteiger partial charge in [0.25, 0.3) is 0 Å². The smallest absolute Gasteiger partial charge is 0.317 e. The molecule has 2 amide bonds. The van der Waals surface area contributed by atoms with Crippen LogP contribution in [0.15, 0.2) is 18.2 Å². The average molecular weight is 224 g/mol. The summed E-state index contributed by atoms with van der Waals surface area (Å²) >= 11 is 0. The molecule has 1 aromatic carbocycles. The van der Waals surface area contributed by atoms with Gasteiger partial charge in [0, 0.05) is 19.6 Å². The van der Waals surface area contributed by atoms with Crippen LogP contribution in [0.4, 0.5) is 9.18 Å². The van der Waals surface area contributed by atoms with Crippen molar-refractivity contribution in [3.05, 3.63) is 29.6 Å². The zero-order chi connectivity index (χ0) is 11.5. The molecule has 86 valence electrons. The first-order valence-corrected chi connectivity index (χ1v) is 5.17. The fraction of sp³-hybridized carbons (Fsp3) is 0.364. The first-order valence-electron chi connectivity index (χ1n) is 5.17. The number of hydrogen-bond acceptors (Lipinski definition) is 2. The van der Waals surface area contributed by atoms with Gasteiger partial charge in [-0.25, -0.2) is 9.18 Å². The summed E-state index contributed by atoms with van der Waals surface area (Å²) in [4.78, 5) is 13.1. The number of aromatic hydroxyl groups is 1. The van der Waals surface area contributed by atoms with Crippen molar-refractivity contribution < 1.29 is 14.3 Å². The number of likely N-dealkylation sites (tertiary alicyclic amines) is 1. The Balaban J connectivity index is 1.89. The van der Waals surface area contributed by atoms with Gasteiger partial charge in [0.2, 0.25) is 0 Å². The maximum absolute atomic E-state index is 13.0. The summed E-state index contributed by atoms with van der Waals surface area (Å²) < 4.78 is 13.0. The summed E-state index contributed by atoms with van der Waals surface area (Å²) in [5.74, 6) is -1.05. The van der Waals surface area contributed by atoms with Crippen molar-refractivity contribution in [2.24, 2.45) is 0 Å². The molecule has 0 aliphatic carbocycles. The van der Waals surface area contributed by atoms with Crippen LogP contribution in [-0.2, 0) is 6.54 Å². The molecule has 0 spiro atoms. The SMILES string of the molecule is O=C(NCc1ccc(O)c(F)c1)N1CCC1. The Labute approximate surface area is 92.7 Å². The maximum Gasteiger partial charge on any atom is 0.317 e. The van der Waals surface area contributed by atoms with Crippen molar-refractivity contribution in [3.63, 3.8) is 0 Å². The third-order valence-electron chi connectivity index (χ3n) is 2.60. The second-order valence-electron chi connectivity index (χ2n) is 3.79. The predicted molar refractivity (Wildman–Crippen MR) is 56.5 cm³/mol. The van der Waals surface area contributed by atoms with E-state index in [1.54, 1.807) is 11.0 Å². The summed E-state index contributed by atoms with van der Waals surface area (Å²) in [5, 5.41) is 11.7. The molecule has 1 saturated heterocycles. The number of rotatable bonds is 2. The molecule has 16 heavy (non-hydrogen) atoms. The van der Waals surface area contributed by atoms with Gasteiger partial charge in [-0.1, -0.05) is 6.07 Å². The predicted octanol–water partition coefficient (Wildman–Crippen LogP) is 1.45. The van der Waals surface area contributed by atoms with Crippen LogP contribution in [0.1, 0.15) is 12.0 Å². The molecule has 2 rings (SSSR count). The second-order valence-corrected chi connectivity index (χ2v) is 3.79. The Morgan fingerprint density at radius 3 is 2.81 bits per heavy atom. The number of nitrogens with one attached hydrogen (secondary N) is 1. The molecule has 1 aliphatic rings. The van der Waals surface area contributed by atoms with E-state index >= 15 is 0 Å². The van der Waals surface area contributed by atoms with E-state index in [-0.39, 0.29) is 18.3 Å². The lowest BCUT2D eigenvalue weighted by atomic mass is 10.2. The minimum absolute atomic E-state index is 0.125. The quantitative estimate of drug-likeness (QED) is 0.798. The van der Waals surface area contributed by atoms with Crippen LogP contribution in [0, 0.1) is 5.82 Å². The molecule has 0 radical (unpaired) electrons. The minimum atomic E-state index is -0.671. The van der Waals surface area contributed by atoms with E-state index in [9.17, 15) is 9.18 Å². The fourth-order valence-electron chi connectivity index (χ4n) is 1.47. The van der Waals surface area contributed by atoms with Crippen molar-refractivity contribution >= 4 is 6.03 Å². The highest BCUT2D eigenvalue weighted by Gasteiger charge is 2.19. The summed E-state index contributed by atoms with van der Waals surface area (Å²) in [6.45, 7) is 1.85. The average Bonchev–Trinajstić information content (AvgIpc) is 2.17. The Hall–Kier alpha value is -1.78. The Bertz CT molecular complexity index is 405. The van der Waals surface area contributed by atoms with Crippen LogP contribution < -0.4 is 5.32 Å². The Morgan fingerprint density at radius 2 is 2.25 bits per heavy atom. The molecule has 2 N–H and O–H groups in total. The summed E-state index contributed by atoms with van der Waals surface area (Å²) in [6.07, 6.45) is 1.04. The molecule has 0 unspecified atom stereocenters. The van der Waals surface area contributed by atoms with Crippen LogP contribution in [0.2, 0.25) is 0 Å². The van der Waals surface area contributed by atoms with Gasteiger partial charge < -0.3 is 15.3 Å². The number of urea groups is 1. The minimum Gasteiger partial charge on any atom is -0.505 e. The molecule has 4 nitrogen and oxygen atoms in total. The van der Waals surface area contributed by atoms with Gasteiger partial charge in [0.1, 0.15) is 0 Å². The number of phenolic OH excluding ortho intramolecular Hbond substituents is 1. The van der Waals surface area contributed by atoms with E-state index in [4.69, 9.17) is 5.11 Å². The van der Waals surface area contributed by atoms with Gasteiger partial charge in [-0.3, -0.25) is 0 Å². The highest BCUT2D eigenvalue weighted by molar-refractivity contribution is 5.74. The third-order valence-corrected chi connectivity index (χ3v) is 2.60. The lowest BCUT2D eigenvalue weighted by Crippen LogP contribution is -2.47. The van der Waals surface area contributed by atoms with Crippen LogP contribution >= 0.6 is 0 Å². The third kappa shape index (κ3) is 2.24. The van der Waals surface area contributed by atoms with Gasteiger partial charge in [0.05, 0.1) is 0 Å². The standard InChI is InChI=1S/C11H13FN2O2/c12-9-6-8(2-3-10(9)15)7-13-11(16)14-4-1-5-14/h2-3,6,15H,1,4-5,7H2,(H,13,16). The molecule has 1 fully saturated rings. The number of benzene rings is 1. The zero-order valence-electron chi connectivity index (χ0n) is 8.74. The van der Waals surface area contributed by atoms with Crippen LogP contribution in [-0.4, -0.2) is 29.1 Å². The highest BCUT2D eigenvalue weighted by Crippen LogP contribution is 2.16. The van der Waals surface area contributed by atoms with Gasteiger partial charge in [0.15, 0.2) is 11.6 Å². The monoisotopic (exact) mass is 224 g/mol. The molecule has 0 bridgehead atoms. The topological polar surface area (TPSA) is 52.6 Å². The summed E-state index contributed by atoms with van der Waals surface area (Å²) in [6, 6.07) is 3.95. The number of halogens is 1. The first-order chi connectivity index (χ1) is 7.66. The molecule has 5 heteroatoms. The number of carbonyl (C=O) groups excluding carboxylic acids is 1. The van der Waals surface area contributed by atoms with Crippen molar-refractivity contribution in [1.29, 1.82) is 0 Å². The molecule has 0 saturated carbocycles. The van der Waals surface area contributed by atoms with Crippen molar-refractivity contribution in [1.82, 2.24) is 10.2 Å². The van der Waals surface area contributed by atoms with E-state index < -0.39 is 5.82 Å². The van der Waals surface area contributed by atoms with Gasteiger partial charge in [-0.2, -0.15) is 0 Å². The van der Waals surface area contributed by atoms with Gasteiger partial charge in [-0.05, 0) is 24.1 Å². The number of nitrogens with zero attached hydrogens (tertiary/aromatic N) is 1. The molecule has 1 aromatic rings. The molecule has 0 aromatic heterocycles. The normalized spacial score (nSPS) is 14.4. The molecular formula is C11H13FN2O2. The number of hydrogen-bond donors (Lipinski definition) is 2. The first kappa shape index (κ1) is 10.7. The van der Waals surface area contributed by atoms with Gasteiger partial charge in [-0.15, -0.1) is 0 Å². The fourth-order valence-corrected chi connectivity index (χ4v) is 1.47. The van der Waals surface area contributed by atoms with Crippen molar-refractivity contribution in [3.8, 4) is 5.75 Å². The Kier molecular flexibility index (Phi) is 2.94. The van der Waals surface area contributed by atoms with Crippen molar-refractivity contribution in [2.45, 2.75) is 13.0 Å². The van der Waals surface area contributed by atoms with E-state index in [1.165, 1.54) is 12.1 Å². The summed E-state index contributed by atoms with van der Waals surface area (Å²) in [7, 11) is 0. The van der Waals surface area contributed by atoms with E-state index in [0.29, 0.717) is 5.56 Å². The van der Waals surface area contributed by atoms with E-state index in [2.05, 4.69) is 5.32 Å². The number of phenols is 1. The molecule has 0 atom stereocenters. The second kappa shape index (κ2) is 4.38. The maximum atomic E-state index is 13.0. The van der Waals surface area contributed by atoms with Crippen LogP contribution in [0.3, 0.4) is 0 Å². The lowest BCUT2D eigenvalue weighted by Gasteiger charge is -2.30. The molecule has 1 heterocycles. The number of carbonyl (C=O) groups is 1. The summed E-state index contributed by atoms with van der Waals surface area (Å²) in [5.41, 5.74) is 0.629. The van der Waals surface area contributed by atoms with E-state index in [0.717, 1.165) is 19.5 Å². The molecule has 1 aliphatic heterocycles. The largest absolute Gasteiger partial charge is 0.505 e. The molecular weight excluding hydrogens is 211 g/mol. The number of amides is 2.